The molecule has 2 unspecified atom stereocenters. The topological polar surface area (TPSA) is 43.8 Å². The molecule has 2 atom stereocenters. The fourth-order valence-electron chi connectivity index (χ4n) is 1.82. The summed E-state index contributed by atoms with van der Waals surface area (Å²) in [6.45, 7) is 0.875. The summed E-state index contributed by atoms with van der Waals surface area (Å²) in [4.78, 5) is 14.9. The van der Waals surface area contributed by atoms with Crippen molar-refractivity contribution in [3.63, 3.8) is 0 Å². The first-order chi connectivity index (χ1) is 6.02. The Bertz CT molecular complexity index is 194. The second-order valence-corrected chi connectivity index (χ2v) is 3.98. The van der Waals surface area contributed by atoms with Crippen LogP contribution in [0.4, 0.5) is 0 Å². The molecule has 1 N–H and O–H groups in total. The molecule has 76 valence electrons. The minimum absolute atomic E-state index is 0.304. The third-order valence-electron chi connectivity index (χ3n) is 2.86. The molecular weight excluding hydrogens is 168 g/mol. The van der Waals surface area contributed by atoms with Crippen molar-refractivity contribution in [1.29, 1.82) is 0 Å². The summed E-state index contributed by atoms with van der Waals surface area (Å²) >= 11 is 0. The number of carboxylic acid groups (broad SMARTS) is 1. The predicted molar refractivity (Wildman–Crippen MR) is 50.8 cm³/mol. The summed E-state index contributed by atoms with van der Waals surface area (Å²) in [6, 6.07) is 0.110. The van der Waals surface area contributed by atoms with Crippen LogP contribution in [0.2, 0.25) is 0 Å². The molecule has 0 amide bonds. The van der Waals surface area contributed by atoms with E-state index >= 15 is 0 Å². The van der Waals surface area contributed by atoms with Gasteiger partial charge >= 0.3 is 5.97 Å². The highest BCUT2D eigenvalue weighted by Gasteiger charge is 2.31. The molecular formula is C9H18N2O2. The van der Waals surface area contributed by atoms with Gasteiger partial charge in [-0.05, 0) is 34.0 Å². The van der Waals surface area contributed by atoms with Crippen LogP contribution in [0.5, 0.6) is 0 Å². The molecule has 0 aromatic rings. The summed E-state index contributed by atoms with van der Waals surface area (Å²) in [7, 11) is 5.90. The van der Waals surface area contributed by atoms with E-state index < -0.39 is 5.97 Å². The van der Waals surface area contributed by atoms with Gasteiger partial charge in [0, 0.05) is 12.6 Å². The minimum atomic E-state index is -0.700. The maximum absolute atomic E-state index is 10.9. The van der Waals surface area contributed by atoms with Gasteiger partial charge in [0.1, 0.15) is 6.04 Å². The zero-order valence-corrected chi connectivity index (χ0v) is 8.53. The second kappa shape index (κ2) is 4.07. The molecule has 1 saturated heterocycles. The van der Waals surface area contributed by atoms with Crippen molar-refractivity contribution >= 4 is 5.97 Å². The highest BCUT2D eigenvalue weighted by molar-refractivity contribution is 5.73. The number of rotatable bonds is 2. The van der Waals surface area contributed by atoms with E-state index in [9.17, 15) is 4.79 Å². The van der Waals surface area contributed by atoms with Gasteiger partial charge in [-0.2, -0.15) is 0 Å². The third kappa shape index (κ3) is 2.42. The Kier molecular flexibility index (Phi) is 3.27. The van der Waals surface area contributed by atoms with Gasteiger partial charge in [-0.1, -0.05) is 0 Å². The van der Waals surface area contributed by atoms with Crippen LogP contribution in [0.15, 0.2) is 0 Å². The standard InChI is InChI=1S/C9H18N2O2/c1-10(2)7-4-5-11(3)8(6-7)9(12)13/h7-8H,4-6H2,1-3H3,(H,12,13). The van der Waals surface area contributed by atoms with Gasteiger partial charge in [-0.3, -0.25) is 9.69 Å². The van der Waals surface area contributed by atoms with Gasteiger partial charge in [-0.25, -0.2) is 0 Å². The molecule has 4 nitrogen and oxygen atoms in total. The first kappa shape index (κ1) is 10.5. The molecule has 0 aromatic heterocycles. The van der Waals surface area contributed by atoms with Gasteiger partial charge in [-0.15, -0.1) is 0 Å². The Morgan fingerprint density at radius 2 is 2.15 bits per heavy atom. The van der Waals surface area contributed by atoms with E-state index in [1.165, 1.54) is 0 Å². The van der Waals surface area contributed by atoms with Gasteiger partial charge in [0.25, 0.3) is 0 Å². The molecule has 13 heavy (non-hydrogen) atoms. The van der Waals surface area contributed by atoms with Crippen molar-refractivity contribution in [2.45, 2.75) is 24.9 Å². The highest BCUT2D eigenvalue weighted by atomic mass is 16.4. The summed E-state index contributed by atoms with van der Waals surface area (Å²) in [5, 5.41) is 8.95. The number of carboxylic acids is 1. The lowest BCUT2D eigenvalue weighted by atomic mass is 9.97. The van der Waals surface area contributed by atoms with Gasteiger partial charge in [0.2, 0.25) is 0 Å². The molecule has 4 heteroatoms. The second-order valence-electron chi connectivity index (χ2n) is 3.98. The van der Waals surface area contributed by atoms with Crippen LogP contribution >= 0.6 is 0 Å². The van der Waals surface area contributed by atoms with Crippen molar-refractivity contribution in [3.05, 3.63) is 0 Å². The lowest BCUT2D eigenvalue weighted by molar-refractivity contribution is -0.144. The van der Waals surface area contributed by atoms with Crippen molar-refractivity contribution in [2.24, 2.45) is 0 Å². The molecule has 0 saturated carbocycles. The summed E-state index contributed by atoms with van der Waals surface area (Å²) < 4.78 is 0. The Balaban J connectivity index is 2.58. The number of likely N-dealkylation sites (tertiary alicyclic amines) is 1. The van der Waals surface area contributed by atoms with Crippen LogP contribution in [-0.2, 0) is 4.79 Å². The summed E-state index contributed by atoms with van der Waals surface area (Å²) in [5.74, 6) is -0.700. The van der Waals surface area contributed by atoms with Crippen LogP contribution in [0, 0.1) is 0 Å². The Hall–Kier alpha value is -0.610. The van der Waals surface area contributed by atoms with Crippen LogP contribution in [-0.4, -0.2) is 60.6 Å². The average Bonchev–Trinajstić information content (AvgIpc) is 2.04. The number of carbonyl (C=O) groups is 1. The molecule has 1 aliphatic rings. The Morgan fingerprint density at radius 1 is 1.54 bits per heavy atom. The molecule has 0 bridgehead atoms. The lowest BCUT2D eigenvalue weighted by Gasteiger charge is -2.37. The van der Waals surface area contributed by atoms with Crippen molar-refractivity contribution in [1.82, 2.24) is 9.80 Å². The molecule has 0 radical (unpaired) electrons. The average molecular weight is 186 g/mol. The maximum atomic E-state index is 10.9. The zero-order valence-electron chi connectivity index (χ0n) is 8.53. The highest BCUT2D eigenvalue weighted by Crippen LogP contribution is 2.18. The molecule has 1 aliphatic heterocycles. The predicted octanol–water partition coefficient (Wildman–Crippen LogP) is 0.0954. The van der Waals surface area contributed by atoms with Crippen molar-refractivity contribution < 1.29 is 9.90 Å². The van der Waals surface area contributed by atoms with Crippen molar-refractivity contribution in [3.8, 4) is 0 Å². The SMILES string of the molecule is CN(C)C1CCN(C)C(C(=O)O)C1. The van der Waals surface area contributed by atoms with Gasteiger partial charge < -0.3 is 10.0 Å². The first-order valence-corrected chi connectivity index (χ1v) is 4.62. The molecule has 1 rings (SSSR count). The smallest absolute Gasteiger partial charge is 0.320 e. The number of hydrogen-bond donors (Lipinski definition) is 1. The number of hydrogen-bond acceptors (Lipinski definition) is 3. The number of piperidine rings is 1. The molecule has 0 spiro atoms. The Morgan fingerprint density at radius 3 is 2.62 bits per heavy atom. The van der Waals surface area contributed by atoms with Crippen LogP contribution < -0.4 is 0 Å². The lowest BCUT2D eigenvalue weighted by Crippen LogP contribution is -2.49. The number of nitrogens with zero attached hydrogens (tertiary/aromatic N) is 2. The Labute approximate surface area is 79.1 Å². The normalized spacial score (nSPS) is 30.8. The van der Waals surface area contributed by atoms with Crippen LogP contribution in [0.25, 0.3) is 0 Å². The fraction of sp³-hybridized carbons (Fsp3) is 0.889. The molecule has 0 aliphatic carbocycles. The summed E-state index contributed by atoms with van der Waals surface area (Å²) in [6.07, 6.45) is 1.80. The molecule has 1 fully saturated rings. The van der Waals surface area contributed by atoms with Crippen molar-refractivity contribution in [2.75, 3.05) is 27.7 Å². The number of likely N-dealkylation sites (N-methyl/N-ethyl adjacent to an activating group) is 1. The van der Waals surface area contributed by atoms with E-state index in [2.05, 4.69) is 4.90 Å². The van der Waals surface area contributed by atoms with Crippen LogP contribution in [0.3, 0.4) is 0 Å². The van der Waals surface area contributed by atoms with E-state index in [-0.39, 0.29) is 6.04 Å². The monoisotopic (exact) mass is 186 g/mol. The van der Waals surface area contributed by atoms with Crippen LogP contribution in [0.1, 0.15) is 12.8 Å². The third-order valence-corrected chi connectivity index (χ3v) is 2.86. The van der Waals surface area contributed by atoms with E-state index in [0.29, 0.717) is 6.04 Å². The fourth-order valence-corrected chi connectivity index (χ4v) is 1.82. The van der Waals surface area contributed by atoms with E-state index in [4.69, 9.17) is 5.11 Å². The van der Waals surface area contributed by atoms with E-state index in [1.807, 2.05) is 26.0 Å². The van der Waals surface area contributed by atoms with Gasteiger partial charge in [0.15, 0.2) is 0 Å². The van der Waals surface area contributed by atoms with E-state index in [0.717, 1.165) is 19.4 Å². The molecule has 1 heterocycles. The first-order valence-electron chi connectivity index (χ1n) is 4.62. The van der Waals surface area contributed by atoms with E-state index in [1.54, 1.807) is 0 Å². The zero-order chi connectivity index (χ0) is 10.0. The van der Waals surface area contributed by atoms with Gasteiger partial charge in [0.05, 0.1) is 0 Å². The minimum Gasteiger partial charge on any atom is -0.480 e. The maximum Gasteiger partial charge on any atom is 0.320 e. The quantitative estimate of drug-likeness (QED) is 0.664. The number of aliphatic carboxylic acids is 1. The largest absolute Gasteiger partial charge is 0.480 e. The molecule has 0 aromatic carbocycles. The summed E-state index contributed by atoms with van der Waals surface area (Å²) in [5.41, 5.74) is 0.